The number of nitrogens with one attached hydrogen (secondary N) is 1. The highest BCUT2D eigenvalue weighted by Crippen LogP contribution is 2.17. The molecule has 0 aromatic heterocycles. The van der Waals surface area contributed by atoms with E-state index in [4.69, 9.17) is 18.9 Å². The van der Waals surface area contributed by atoms with Crippen LogP contribution in [-0.2, 0) is 19.0 Å². The van der Waals surface area contributed by atoms with Crippen molar-refractivity contribution in [2.75, 3.05) is 33.5 Å². The second kappa shape index (κ2) is 10.0. The first-order chi connectivity index (χ1) is 12.1. The van der Waals surface area contributed by atoms with Gasteiger partial charge >= 0.3 is 5.97 Å². The van der Waals surface area contributed by atoms with Crippen molar-refractivity contribution in [3.63, 3.8) is 0 Å². The number of rotatable bonds is 9. The quantitative estimate of drug-likeness (QED) is 0.537. The van der Waals surface area contributed by atoms with Gasteiger partial charge in [-0.05, 0) is 44.0 Å². The van der Waals surface area contributed by atoms with E-state index in [-0.39, 0.29) is 12.0 Å². The summed E-state index contributed by atoms with van der Waals surface area (Å²) in [4.78, 5) is 23.9. The predicted octanol–water partition coefficient (Wildman–Crippen LogP) is 1.55. The van der Waals surface area contributed by atoms with E-state index in [2.05, 4.69) is 5.32 Å². The van der Waals surface area contributed by atoms with Gasteiger partial charge in [-0.3, -0.25) is 4.79 Å². The SMILES string of the molecule is COCCNC(=O)[C@H](C)OC(=O)c1ccc(OC[C@@H]2CCCO2)cc1. The van der Waals surface area contributed by atoms with E-state index in [1.807, 2.05) is 0 Å². The molecule has 0 aliphatic carbocycles. The van der Waals surface area contributed by atoms with Gasteiger partial charge in [0.05, 0.1) is 18.3 Å². The van der Waals surface area contributed by atoms with Gasteiger partial charge in [0.25, 0.3) is 5.91 Å². The molecular formula is C18H25NO6. The Labute approximate surface area is 147 Å². The fourth-order valence-electron chi connectivity index (χ4n) is 2.35. The highest BCUT2D eigenvalue weighted by atomic mass is 16.5. The summed E-state index contributed by atoms with van der Waals surface area (Å²) in [6.45, 7) is 3.59. The predicted molar refractivity (Wildman–Crippen MR) is 90.7 cm³/mol. The minimum absolute atomic E-state index is 0.141. The van der Waals surface area contributed by atoms with Crippen LogP contribution in [0.25, 0.3) is 0 Å². The first-order valence-electron chi connectivity index (χ1n) is 8.42. The van der Waals surface area contributed by atoms with Crippen molar-refractivity contribution < 1.29 is 28.5 Å². The Morgan fingerprint density at radius 3 is 2.72 bits per heavy atom. The molecule has 0 spiro atoms. The number of carbonyl (C=O) groups is 2. The molecule has 1 aromatic carbocycles. The Balaban J connectivity index is 1.77. The molecule has 0 saturated carbocycles. The van der Waals surface area contributed by atoms with Crippen LogP contribution in [0.2, 0.25) is 0 Å². The van der Waals surface area contributed by atoms with Crippen molar-refractivity contribution in [1.82, 2.24) is 5.32 Å². The lowest BCUT2D eigenvalue weighted by Crippen LogP contribution is -2.37. The van der Waals surface area contributed by atoms with E-state index >= 15 is 0 Å². The largest absolute Gasteiger partial charge is 0.491 e. The van der Waals surface area contributed by atoms with E-state index in [9.17, 15) is 9.59 Å². The van der Waals surface area contributed by atoms with Gasteiger partial charge in [-0.25, -0.2) is 4.79 Å². The third-order valence-corrected chi connectivity index (χ3v) is 3.81. The van der Waals surface area contributed by atoms with Crippen LogP contribution in [-0.4, -0.2) is 57.6 Å². The van der Waals surface area contributed by atoms with Crippen molar-refractivity contribution in [1.29, 1.82) is 0 Å². The lowest BCUT2D eigenvalue weighted by Gasteiger charge is -2.14. The van der Waals surface area contributed by atoms with Crippen LogP contribution in [0.5, 0.6) is 5.75 Å². The smallest absolute Gasteiger partial charge is 0.338 e. The molecule has 2 rings (SSSR count). The maximum Gasteiger partial charge on any atom is 0.338 e. The first-order valence-corrected chi connectivity index (χ1v) is 8.42. The molecule has 1 amide bonds. The number of hydrogen-bond acceptors (Lipinski definition) is 6. The fraction of sp³-hybridized carbons (Fsp3) is 0.556. The minimum atomic E-state index is -0.875. The number of carbonyl (C=O) groups excluding carboxylic acids is 2. The zero-order chi connectivity index (χ0) is 18.1. The zero-order valence-electron chi connectivity index (χ0n) is 14.7. The highest BCUT2D eigenvalue weighted by molar-refractivity contribution is 5.92. The van der Waals surface area contributed by atoms with E-state index in [1.54, 1.807) is 31.4 Å². The van der Waals surface area contributed by atoms with Crippen molar-refractivity contribution in [3.8, 4) is 5.75 Å². The average molecular weight is 351 g/mol. The Hall–Kier alpha value is -2.12. The minimum Gasteiger partial charge on any atom is -0.491 e. The summed E-state index contributed by atoms with van der Waals surface area (Å²) in [6.07, 6.45) is 1.34. The summed E-state index contributed by atoms with van der Waals surface area (Å²) < 4.78 is 21.1. The molecule has 2 atom stereocenters. The number of hydrogen-bond donors (Lipinski definition) is 1. The lowest BCUT2D eigenvalue weighted by molar-refractivity contribution is -0.129. The second-order valence-electron chi connectivity index (χ2n) is 5.80. The molecule has 0 unspecified atom stereocenters. The van der Waals surface area contributed by atoms with Crippen LogP contribution in [0.15, 0.2) is 24.3 Å². The van der Waals surface area contributed by atoms with E-state index in [0.29, 0.717) is 31.1 Å². The van der Waals surface area contributed by atoms with Gasteiger partial charge in [-0.15, -0.1) is 0 Å². The average Bonchev–Trinajstić information content (AvgIpc) is 3.14. The maximum atomic E-state index is 12.1. The molecule has 1 N–H and O–H groups in total. The van der Waals surface area contributed by atoms with Crippen LogP contribution >= 0.6 is 0 Å². The van der Waals surface area contributed by atoms with Gasteiger partial charge in [-0.2, -0.15) is 0 Å². The second-order valence-corrected chi connectivity index (χ2v) is 5.80. The molecule has 1 aromatic rings. The van der Waals surface area contributed by atoms with Gasteiger partial charge in [0, 0.05) is 20.3 Å². The number of benzene rings is 1. The summed E-state index contributed by atoms with van der Waals surface area (Å²) in [7, 11) is 1.55. The maximum absolute atomic E-state index is 12.1. The molecule has 7 nitrogen and oxygen atoms in total. The van der Waals surface area contributed by atoms with Gasteiger partial charge in [0.1, 0.15) is 12.4 Å². The number of methoxy groups -OCH3 is 1. The molecule has 138 valence electrons. The van der Waals surface area contributed by atoms with Crippen LogP contribution in [0.4, 0.5) is 0 Å². The van der Waals surface area contributed by atoms with E-state index in [0.717, 1.165) is 19.4 Å². The Morgan fingerprint density at radius 2 is 2.08 bits per heavy atom. The molecule has 0 bridgehead atoms. The standard InChI is InChI=1S/C18H25NO6/c1-13(17(20)19-9-11-22-2)25-18(21)14-5-7-15(8-6-14)24-12-16-4-3-10-23-16/h5-8,13,16H,3-4,9-12H2,1-2H3,(H,19,20)/t13-,16-/m0/s1. The number of ether oxygens (including phenoxy) is 4. The Bertz CT molecular complexity index is 553. The molecule has 1 heterocycles. The van der Waals surface area contributed by atoms with Crippen LogP contribution < -0.4 is 10.1 Å². The molecule has 1 fully saturated rings. The molecule has 0 radical (unpaired) electrons. The molecule has 1 aliphatic rings. The lowest BCUT2D eigenvalue weighted by atomic mass is 10.2. The normalized spacial score (nSPS) is 17.8. The fourth-order valence-corrected chi connectivity index (χ4v) is 2.35. The van der Waals surface area contributed by atoms with Gasteiger partial charge in [0.15, 0.2) is 6.10 Å². The third kappa shape index (κ3) is 6.36. The molecule has 1 saturated heterocycles. The van der Waals surface area contributed by atoms with Gasteiger partial charge in [0.2, 0.25) is 0 Å². The molecule has 7 heteroatoms. The van der Waals surface area contributed by atoms with Crippen molar-refractivity contribution in [3.05, 3.63) is 29.8 Å². The Kier molecular flexibility index (Phi) is 7.69. The third-order valence-electron chi connectivity index (χ3n) is 3.81. The van der Waals surface area contributed by atoms with Crippen LogP contribution in [0.1, 0.15) is 30.1 Å². The summed E-state index contributed by atoms with van der Waals surface area (Å²) in [5.74, 6) is -0.251. The topological polar surface area (TPSA) is 83.1 Å². The van der Waals surface area contributed by atoms with Gasteiger partial charge < -0.3 is 24.3 Å². The highest BCUT2D eigenvalue weighted by Gasteiger charge is 2.19. The first kappa shape index (κ1) is 19.2. The summed E-state index contributed by atoms with van der Waals surface area (Å²) in [5.41, 5.74) is 0.362. The van der Waals surface area contributed by atoms with E-state index in [1.165, 1.54) is 6.92 Å². The molecule has 1 aliphatic heterocycles. The molecular weight excluding hydrogens is 326 g/mol. The monoisotopic (exact) mass is 351 g/mol. The zero-order valence-corrected chi connectivity index (χ0v) is 14.7. The van der Waals surface area contributed by atoms with Gasteiger partial charge in [-0.1, -0.05) is 0 Å². The van der Waals surface area contributed by atoms with E-state index < -0.39 is 12.1 Å². The van der Waals surface area contributed by atoms with Crippen LogP contribution in [0, 0.1) is 0 Å². The van der Waals surface area contributed by atoms with Crippen molar-refractivity contribution >= 4 is 11.9 Å². The summed E-state index contributed by atoms with van der Waals surface area (Å²) in [5, 5.41) is 2.62. The summed E-state index contributed by atoms with van der Waals surface area (Å²) >= 11 is 0. The van der Waals surface area contributed by atoms with Crippen molar-refractivity contribution in [2.24, 2.45) is 0 Å². The summed E-state index contributed by atoms with van der Waals surface area (Å²) in [6, 6.07) is 6.63. The number of esters is 1. The number of amides is 1. The molecule has 25 heavy (non-hydrogen) atoms. The van der Waals surface area contributed by atoms with Crippen molar-refractivity contribution in [2.45, 2.75) is 32.0 Å². The van der Waals surface area contributed by atoms with Crippen LogP contribution in [0.3, 0.4) is 0 Å². The Morgan fingerprint density at radius 1 is 1.32 bits per heavy atom.